The Morgan fingerprint density at radius 1 is 1.45 bits per heavy atom. The summed E-state index contributed by atoms with van der Waals surface area (Å²) >= 11 is 8.24. The molecule has 1 aromatic carbocycles. The van der Waals surface area contributed by atoms with Gasteiger partial charge in [-0.25, -0.2) is 0 Å². The van der Waals surface area contributed by atoms with E-state index >= 15 is 0 Å². The Labute approximate surface area is 150 Å². The quantitative estimate of drug-likeness (QED) is 0.695. The van der Waals surface area contributed by atoms with Crippen LogP contribution in [-0.2, 0) is 0 Å². The predicted molar refractivity (Wildman–Crippen MR) is 97.9 cm³/mol. The number of rotatable bonds is 6. The first-order valence-corrected chi connectivity index (χ1v) is 9.00. The van der Waals surface area contributed by atoms with Crippen LogP contribution in [0.5, 0.6) is 5.75 Å². The summed E-state index contributed by atoms with van der Waals surface area (Å²) in [7, 11) is 1.56. The van der Waals surface area contributed by atoms with E-state index in [-0.39, 0.29) is 5.91 Å². The van der Waals surface area contributed by atoms with Gasteiger partial charge in [0, 0.05) is 16.7 Å². The molecule has 0 radical (unpaired) electrons. The van der Waals surface area contributed by atoms with Crippen LogP contribution in [-0.4, -0.2) is 44.1 Å². The van der Waals surface area contributed by atoms with Gasteiger partial charge in [-0.3, -0.25) is 4.79 Å². The summed E-state index contributed by atoms with van der Waals surface area (Å²) in [6.07, 6.45) is 2.58. The second-order valence-corrected chi connectivity index (χ2v) is 7.36. The molecule has 0 spiro atoms. The van der Waals surface area contributed by atoms with Crippen molar-refractivity contribution in [2.24, 2.45) is 5.92 Å². The first kappa shape index (κ1) is 17.8. The smallest absolute Gasteiger partial charge is 0.255 e. The van der Waals surface area contributed by atoms with E-state index in [0.717, 1.165) is 10.1 Å². The van der Waals surface area contributed by atoms with Crippen LogP contribution < -0.4 is 10.1 Å². The highest BCUT2D eigenvalue weighted by Gasteiger charge is 2.18. The van der Waals surface area contributed by atoms with Crippen molar-refractivity contribution in [2.75, 3.05) is 33.3 Å². The monoisotopic (exact) mass is 436 g/mol. The molecule has 1 amide bonds. The Balaban J connectivity index is 1.92. The first-order valence-electron chi connectivity index (χ1n) is 7.55. The third-order valence-electron chi connectivity index (χ3n) is 3.87. The third-order valence-corrected chi connectivity index (χ3v) is 5.39. The lowest BCUT2D eigenvalue weighted by Crippen LogP contribution is -2.34. The van der Waals surface area contributed by atoms with Gasteiger partial charge in [0.1, 0.15) is 5.75 Å². The van der Waals surface area contributed by atoms with Gasteiger partial charge in [-0.05, 0) is 66.6 Å². The van der Waals surface area contributed by atoms with E-state index in [1.807, 2.05) is 0 Å². The summed E-state index contributed by atoms with van der Waals surface area (Å²) < 4.78 is 6.15. The Morgan fingerprint density at radius 3 is 2.77 bits per heavy atom. The molecule has 1 aromatic rings. The molecule has 1 heterocycles. The van der Waals surface area contributed by atoms with Crippen LogP contribution in [0.1, 0.15) is 30.1 Å². The SMILES string of the molecule is COc1cc(I)c(Cl)cc1C(=O)NCC(C)CN1CCCC1. The van der Waals surface area contributed by atoms with Crippen LogP contribution in [0.25, 0.3) is 0 Å². The molecular weight excluding hydrogens is 415 g/mol. The lowest BCUT2D eigenvalue weighted by molar-refractivity contribution is 0.0942. The lowest BCUT2D eigenvalue weighted by Gasteiger charge is -2.20. The van der Waals surface area contributed by atoms with Crippen molar-refractivity contribution in [1.29, 1.82) is 0 Å². The number of carbonyl (C=O) groups excluding carboxylic acids is 1. The second kappa shape index (κ2) is 8.36. The van der Waals surface area contributed by atoms with Crippen molar-refractivity contribution in [3.63, 3.8) is 0 Å². The minimum atomic E-state index is -0.136. The average Bonchev–Trinajstić information content (AvgIpc) is 3.00. The molecule has 6 heteroatoms. The number of hydrogen-bond donors (Lipinski definition) is 1. The van der Waals surface area contributed by atoms with Crippen molar-refractivity contribution >= 4 is 40.1 Å². The fourth-order valence-electron chi connectivity index (χ4n) is 2.71. The van der Waals surface area contributed by atoms with Gasteiger partial charge < -0.3 is 15.0 Å². The largest absolute Gasteiger partial charge is 0.496 e. The van der Waals surface area contributed by atoms with Crippen molar-refractivity contribution in [2.45, 2.75) is 19.8 Å². The molecule has 0 bridgehead atoms. The summed E-state index contributed by atoms with van der Waals surface area (Å²) in [5.74, 6) is 0.842. The third kappa shape index (κ3) is 4.73. The maximum absolute atomic E-state index is 12.4. The van der Waals surface area contributed by atoms with Crippen LogP contribution in [0.15, 0.2) is 12.1 Å². The van der Waals surface area contributed by atoms with E-state index in [0.29, 0.717) is 28.8 Å². The summed E-state index contributed by atoms with van der Waals surface area (Å²) in [4.78, 5) is 14.8. The summed E-state index contributed by atoms with van der Waals surface area (Å²) in [6, 6.07) is 3.45. The fraction of sp³-hybridized carbons (Fsp3) is 0.562. The molecule has 1 N–H and O–H groups in total. The van der Waals surface area contributed by atoms with Crippen LogP contribution in [0.3, 0.4) is 0 Å². The number of nitrogens with one attached hydrogen (secondary N) is 1. The van der Waals surface area contributed by atoms with E-state index in [2.05, 4.69) is 39.7 Å². The lowest BCUT2D eigenvalue weighted by atomic mass is 10.1. The fourth-order valence-corrected chi connectivity index (χ4v) is 3.31. The van der Waals surface area contributed by atoms with Gasteiger partial charge in [-0.1, -0.05) is 18.5 Å². The Bertz CT molecular complexity index is 533. The molecule has 2 rings (SSSR count). The molecule has 0 saturated carbocycles. The number of hydrogen-bond acceptors (Lipinski definition) is 3. The molecule has 4 nitrogen and oxygen atoms in total. The average molecular weight is 437 g/mol. The molecule has 1 atom stereocenters. The Morgan fingerprint density at radius 2 is 2.14 bits per heavy atom. The van der Waals surface area contributed by atoms with Gasteiger partial charge in [0.2, 0.25) is 0 Å². The first-order chi connectivity index (χ1) is 10.5. The van der Waals surface area contributed by atoms with Crippen molar-refractivity contribution < 1.29 is 9.53 Å². The van der Waals surface area contributed by atoms with E-state index in [9.17, 15) is 4.79 Å². The van der Waals surface area contributed by atoms with E-state index in [4.69, 9.17) is 16.3 Å². The zero-order chi connectivity index (χ0) is 16.1. The maximum Gasteiger partial charge on any atom is 0.255 e. The van der Waals surface area contributed by atoms with Crippen molar-refractivity contribution in [1.82, 2.24) is 10.2 Å². The summed E-state index contributed by atoms with van der Waals surface area (Å²) in [6.45, 7) is 6.21. The molecular formula is C16H22ClIN2O2. The number of ether oxygens (including phenoxy) is 1. The van der Waals surface area contributed by atoms with Crippen molar-refractivity contribution in [3.05, 3.63) is 26.3 Å². The standard InChI is InChI=1S/C16H22ClIN2O2/c1-11(10-20-5-3-4-6-20)9-19-16(21)12-7-13(17)14(18)8-15(12)22-2/h7-8,11H,3-6,9-10H2,1-2H3,(H,19,21). The number of carbonyl (C=O) groups is 1. The maximum atomic E-state index is 12.4. The number of benzene rings is 1. The Kier molecular flexibility index (Phi) is 6.77. The molecule has 122 valence electrons. The van der Waals surface area contributed by atoms with Gasteiger partial charge >= 0.3 is 0 Å². The number of halogens is 2. The van der Waals surface area contributed by atoms with Gasteiger partial charge in [0.15, 0.2) is 0 Å². The molecule has 0 aromatic heterocycles. The summed E-state index contributed by atoms with van der Waals surface area (Å²) in [5, 5.41) is 3.55. The highest BCUT2D eigenvalue weighted by Crippen LogP contribution is 2.28. The molecule has 1 unspecified atom stereocenters. The topological polar surface area (TPSA) is 41.6 Å². The van der Waals surface area contributed by atoms with Crippen LogP contribution in [0, 0.1) is 9.49 Å². The van der Waals surface area contributed by atoms with E-state index < -0.39 is 0 Å². The summed E-state index contributed by atoms with van der Waals surface area (Å²) in [5.41, 5.74) is 0.487. The molecule has 0 aliphatic carbocycles. The molecule has 1 aliphatic rings. The van der Waals surface area contributed by atoms with Gasteiger partial charge in [-0.15, -0.1) is 0 Å². The molecule has 22 heavy (non-hydrogen) atoms. The highest BCUT2D eigenvalue weighted by molar-refractivity contribution is 14.1. The molecule has 1 saturated heterocycles. The van der Waals surface area contributed by atoms with Crippen molar-refractivity contribution in [3.8, 4) is 5.75 Å². The number of methoxy groups -OCH3 is 1. The number of likely N-dealkylation sites (tertiary alicyclic amines) is 1. The normalized spacial score (nSPS) is 16.5. The zero-order valence-corrected chi connectivity index (χ0v) is 15.9. The predicted octanol–water partition coefficient (Wildman–Crippen LogP) is 3.41. The number of amides is 1. The second-order valence-electron chi connectivity index (χ2n) is 5.79. The zero-order valence-electron chi connectivity index (χ0n) is 13.0. The number of nitrogens with zero attached hydrogens (tertiary/aromatic N) is 1. The highest BCUT2D eigenvalue weighted by atomic mass is 127. The van der Waals surface area contributed by atoms with Crippen LogP contribution in [0.4, 0.5) is 0 Å². The molecule has 1 aliphatic heterocycles. The van der Waals surface area contributed by atoms with Crippen LogP contribution in [0.2, 0.25) is 5.02 Å². The molecule has 1 fully saturated rings. The van der Waals surface area contributed by atoms with Crippen LogP contribution >= 0.6 is 34.2 Å². The van der Waals surface area contributed by atoms with Gasteiger partial charge in [0.05, 0.1) is 17.7 Å². The van der Waals surface area contributed by atoms with E-state index in [1.54, 1.807) is 19.2 Å². The Hall–Kier alpha value is -0.530. The van der Waals surface area contributed by atoms with Gasteiger partial charge in [-0.2, -0.15) is 0 Å². The minimum Gasteiger partial charge on any atom is -0.496 e. The minimum absolute atomic E-state index is 0.136. The van der Waals surface area contributed by atoms with E-state index in [1.165, 1.54) is 25.9 Å². The van der Waals surface area contributed by atoms with Gasteiger partial charge in [0.25, 0.3) is 5.91 Å².